The van der Waals surface area contributed by atoms with E-state index in [0.717, 1.165) is 25.9 Å². The van der Waals surface area contributed by atoms with Gasteiger partial charge in [0.1, 0.15) is 0 Å². The molecule has 118 valence electrons. The third-order valence-electron chi connectivity index (χ3n) is 3.79. The van der Waals surface area contributed by atoms with Gasteiger partial charge in [-0.05, 0) is 24.7 Å². The molecule has 0 fully saturated rings. The number of carbonyl (C=O) groups is 2. The number of aliphatic carboxylic acids is 1. The van der Waals surface area contributed by atoms with Crippen molar-refractivity contribution in [3.8, 4) is 0 Å². The van der Waals surface area contributed by atoms with Gasteiger partial charge in [-0.3, -0.25) is 9.59 Å². The summed E-state index contributed by atoms with van der Waals surface area (Å²) in [5.74, 6) is -0.956. The summed E-state index contributed by atoms with van der Waals surface area (Å²) in [5, 5.41) is 9.05. The standard InChI is InChI=1S/C16H31NO3/c1-11(2)7-9-17(10-8-12(3)4)15(18)13(5)14(6)16(19)20/h11-14H,7-10H2,1-6H3,(H,19,20). The van der Waals surface area contributed by atoms with Crippen LogP contribution in [0, 0.1) is 23.7 Å². The molecule has 2 unspecified atom stereocenters. The summed E-state index contributed by atoms with van der Waals surface area (Å²) in [4.78, 5) is 25.4. The summed E-state index contributed by atoms with van der Waals surface area (Å²) in [7, 11) is 0. The molecule has 4 heteroatoms. The first-order valence-electron chi connectivity index (χ1n) is 7.68. The first-order chi connectivity index (χ1) is 9.16. The van der Waals surface area contributed by atoms with Gasteiger partial charge in [-0.2, -0.15) is 0 Å². The van der Waals surface area contributed by atoms with Crippen LogP contribution in [-0.4, -0.2) is 35.0 Å². The fourth-order valence-electron chi connectivity index (χ4n) is 1.88. The third kappa shape index (κ3) is 6.92. The van der Waals surface area contributed by atoms with Gasteiger partial charge in [0, 0.05) is 19.0 Å². The van der Waals surface area contributed by atoms with E-state index in [4.69, 9.17) is 5.11 Å². The van der Waals surface area contributed by atoms with Crippen molar-refractivity contribution in [3.63, 3.8) is 0 Å². The van der Waals surface area contributed by atoms with Crippen molar-refractivity contribution in [2.45, 2.75) is 54.4 Å². The average Bonchev–Trinajstić information content (AvgIpc) is 2.35. The van der Waals surface area contributed by atoms with Gasteiger partial charge in [0.25, 0.3) is 0 Å². The van der Waals surface area contributed by atoms with Crippen molar-refractivity contribution in [3.05, 3.63) is 0 Å². The van der Waals surface area contributed by atoms with Crippen molar-refractivity contribution in [1.82, 2.24) is 4.90 Å². The minimum atomic E-state index is -0.904. The molecule has 4 nitrogen and oxygen atoms in total. The normalized spacial score (nSPS) is 14.4. The molecule has 20 heavy (non-hydrogen) atoms. The van der Waals surface area contributed by atoms with Crippen molar-refractivity contribution in [1.29, 1.82) is 0 Å². The fourth-order valence-corrected chi connectivity index (χ4v) is 1.88. The molecule has 0 heterocycles. The van der Waals surface area contributed by atoms with Gasteiger partial charge in [-0.1, -0.05) is 41.5 Å². The lowest BCUT2D eigenvalue weighted by Gasteiger charge is -2.28. The molecule has 1 amide bonds. The molecule has 2 atom stereocenters. The van der Waals surface area contributed by atoms with E-state index in [1.54, 1.807) is 13.8 Å². The van der Waals surface area contributed by atoms with Gasteiger partial charge >= 0.3 is 5.97 Å². The molecule has 0 saturated carbocycles. The Morgan fingerprint density at radius 1 is 0.850 bits per heavy atom. The fraction of sp³-hybridized carbons (Fsp3) is 0.875. The van der Waals surface area contributed by atoms with Crippen LogP contribution in [0.25, 0.3) is 0 Å². The minimum Gasteiger partial charge on any atom is -0.481 e. The number of carboxylic acid groups (broad SMARTS) is 1. The predicted octanol–water partition coefficient (Wildman–Crippen LogP) is 3.26. The van der Waals surface area contributed by atoms with Crippen LogP contribution in [0.15, 0.2) is 0 Å². The molecular formula is C16H31NO3. The second-order valence-electron chi connectivity index (χ2n) is 6.61. The van der Waals surface area contributed by atoms with Crippen LogP contribution >= 0.6 is 0 Å². The van der Waals surface area contributed by atoms with Crippen LogP contribution in [0.4, 0.5) is 0 Å². The van der Waals surface area contributed by atoms with Gasteiger partial charge in [0.05, 0.1) is 5.92 Å². The summed E-state index contributed by atoms with van der Waals surface area (Å²) in [6, 6.07) is 0. The number of hydrogen-bond acceptors (Lipinski definition) is 2. The maximum Gasteiger partial charge on any atom is 0.307 e. The highest BCUT2D eigenvalue weighted by Crippen LogP contribution is 2.17. The lowest BCUT2D eigenvalue weighted by molar-refractivity contribution is -0.149. The van der Waals surface area contributed by atoms with Gasteiger partial charge in [-0.15, -0.1) is 0 Å². The maximum atomic E-state index is 12.5. The molecule has 0 aromatic rings. The molecular weight excluding hydrogens is 254 g/mol. The smallest absolute Gasteiger partial charge is 0.307 e. The summed E-state index contributed by atoms with van der Waals surface area (Å²) in [6.45, 7) is 13.3. The Morgan fingerprint density at radius 2 is 1.25 bits per heavy atom. The van der Waals surface area contributed by atoms with Crippen molar-refractivity contribution >= 4 is 11.9 Å². The van der Waals surface area contributed by atoms with Crippen molar-refractivity contribution < 1.29 is 14.7 Å². The summed E-state index contributed by atoms with van der Waals surface area (Å²) < 4.78 is 0. The van der Waals surface area contributed by atoms with E-state index < -0.39 is 17.8 Å². The van der Waals surface area contributed by atoms with Gasteiger partial charge in [0.15, 0.2) is 0 Å². The molecule has 0 rings (SSSR count). The van der Waals surface area contributed by atoms with Gasteiger partial charge < -0.3 is 10.0 Å². The summed E-state index contributed by atoms with van der Waals surface area (Å²) in [6.07, 6.45) is 1.91. The SMILES string of the molecule is CC(C)CCN(CCC(C)C)C(=O)C(C)C(C)C(=O)O. The Balaban J connectivity index is 4.72. The van der Waals surface area contributed by atoms with Crippen molar-refractivity contribution in [2.75, 3.05) is 13.1 Å². The van der Waals surface area contributed by atoms with E-state index in [9.17, 15) is 9.59 Å². The lowest BCUT2D eigenvalue weighted by Crippen LogP contribution is -2.41. The number of nitrogens with zero attached hydrogens (tertiary/aromatic N) is 1. The van der Waals surface area contributed by atoms with Crippen LogP contribution in [0.2, 0.25) is 0 Å². The van der Waals surface area contributed by atoms with E-state index in [1.165, 1.54) is 0 Å². The van der Waals surface area contributed by atoms with E-state index in [-0.39, 0.29) is 5.91 Å². The molecule has 0 aliphatic rings. The van der Waals surface area contributed by atoms with Crippen LogP contribution in [0.1, 0.15) is 54.4 Å². The zero-order chi connectivity index (χ0) is 15.9. The Kier molecular flexibility index (Phi) is 8.51. The molecule has 0 aliphatic heterocycles. The Labute approximate surface area is 123 Å². The number of rotatable bonds is 9. The van der Waals surface area contributed by atoms with Gasteiger partial charge in [0.2, 0.25) is 5.91 Å². The second-order valence-corrected chi connectivity index (χ2v) is 6.61. The zero-order valence-corrected chi connectivity index (χ0v) is 13.8. The monoisotopic (exact) mass is 285 g/mol. The summed E-state index contributed by atoms with van der Waals surface area (Å²) in [5.41, 5.74) is 0. The van der Waals surface area contributed by atoms with Crippen molar-refractivity contribution in [2.24, 2.45) is 23.7 Å². The number of hydrogen-bond donors (Lipinski definition) is 1. The highest BCUT2D eigenvalue weighted by Gasteiger charge is 2.29. The third-order valence-corrected chi connectivity index (χ3v) is 3.79. The molecule has 0 saturated heterocycles. The first kappa shape index (κ1) is 18.9. The van der Waals surface area contributed by atoms with Gasteiger partial charge in [-0.25, -0.2) is 0 Å². The lowest BCUT2D eigenvalue weighted by atomic mass is 9.94. The molecule has 0 bridgehead atoms. The second kappa shape index (κ2) is 8.98. The topological polar surface area (TPSA) is 57.6 Å². The van der Waals surface area contributed by atoms with E-state index >= 15 is 0 Å². The average molecular weight is 285 g/mol. The first-order valence-corrected chi connectivity index (χ1v) is 7.68. The molecule has 0 spiro atoms. The minimum absolute atomic E-state index is 0.0267. The van der Waals surface area contributed by atoms with Crippen LogP contribution < -0.4 is 0 Å². The molecule has 0 aromatic heterocycles. The maximum absolute atomic E-state index is 12.5. The molecule has 0 aliphatic carbocycles. The molecule has 0 aromatic carbocycles. The van der Waals surface area contributed by atoms with Crippen LogP contribution in [-0.2, 0) is 9.59 Å². The largest absolute Gasteiger partial charge is 0.481 e. The summed E-state index contributed by atoms with van der Waals surface area (Å²) >= 11 is 0. The number of amides is 1. The molecule has 0 radical (unpaired) electrons. The van der Waals surface area contributed by atoms with E-state index in [0.29, 0.717) is 11.8 Å². The highest BCUT2D eigenvalue weighted by molar-refractivity contribution is 5.84. The van der Waals surface area contributed by atoms with E-state index in [2.05, 4.69) is 27.7 Å². The van der Waals surface area contributed by atoms with Crippen LogP contribution in [0.5, 0.6) is 0 Å². The predicted molar refractivity (Wildman–Crippen MR) is 81.5 cm³/mol. The Hall–Kier alpha value is -1.06. The Morgan fingerprint density at radius 3 is 1.55 bits per heavy atom. The molecule has 1 N–H and O–H groups in total. The number of carbonyl (C=O) groups excluding carboxylic acids is 1. The zero-order valence-electron chi connectivity index (χ0n) is 13.8. The number of carboxylic acids is 1. The Bertz CT molecular complexity index is 301. The van der Waals surface area contributed by atoms with E-state index in [1.807, 2.05) is 4.90 Å². The van der Waals surface area contributed by atoms with Crippen LogP contribution in [0.3, 0.4) is 0 Å². The quantitative estimate of drug-likeness (QED) is 0.707. The highest BCUT2D eigenvalue weighted by atomic mass is 16.4.